The first-order valence-electron chi connectivity index (χ1n) is 5.47. The summed E-state index contributed by atoms with van der Waals surface area (Å²) in [5.41, 5.74) is 1.11. The number of carbonyl (C=O) groups is 1. The Morgan fingerprint density at radius 1 is 1.06 bits per heavy atom. The molecule has 94 valence electrons. The Morgan fingerprint density at radius 2 is 1.59 bits per heavy atom. The maximum Gasteiger partial charge on any atom is 0.494 e. The molecule has 0 saturated heterocycles. The average Bonchev–Trinajstić information content (AvgIpc) is 2.42. The van der Waals surface area contributed by atoms with Crippen molar-refractivity contribution in [3.05, 3.63) is 29.8 Å². The molecule has 4 nitrogen and oxygen atoms in total. The van der Waals surface area contributed by atoms with Crippen LogP contribution in [0.5, 0.6) is 0 Å². The molecule has 1 aromatic carbocycles. The molecular formula is C12H19BO4. The van der Waals surface area contributed by atoms with Crippen LogP contribution in [0, 0.1) is 0 Å². The molecule has 0 radical (unpaired) electrons. The summed E-state index contributed by atoms with van der Waals surface area (Å²) in [6.45, 7) is 4.00. The smallest absolute Gasteiger partial charge is 0.465 e. The van der Waals surface area contributed by atoms with Gasteiger partial charge >= 0.3 is 13.1 Å². The normalized spacial score (nSPS) is 9.00. The lowest BCUT2D eigenvalue weighted by Gasteiger charge is -2.11. The molecule has 0 aliphatic carbocycles. The Balaban J connectivity index is 0.00000121. The molecule has 0 unspecified atom stereocenters. The third-order valence-corrected chi connectivity index (χ3v) is 2.05. The summed E-state index contributed by atoms with van der Waals surface area (Å²) in [4.78, 5) is 11.4. The largest absolute Gasteiger partial charge is 0.494 e. The Morgan fingerprint density at radius 3 is 2.06 bits per heavy atom. The highest BCUT2D eigenvalue weighted by atomic mass is 16.6. The van der Waals surface area contributed by atoms with Crippen LogP contribution in [0.25, 0.3) is 0 Å². The summed E-state index contributed by atoms with van der Waals surface area (Å²) in [6.07, 6.45) is 0. The third kappa shape index (κ3) is 4.21. The van der Waals surface area contributed by atoms with E-state index in [0.717, 1.165) is 0 Å². The van der Waals surface area contributed by atoms with Gasteiger partial charge in [-0.2, -0.15) is 0 Å². The zero-order valence-corrected chi connectivity index (χ0v) is 11.0. The van der Waals surface area contributed by atoms with Gasteiger partial charge in [0, 0.05) is 14.2 Å². The Kier molecular flexibility index (Phi) is 8.10. The summed E-state index contributed by atoms with van der Waals surface area (Å²) >= 11 is 0. The van der Waals surface area contributed by atoms with Crippen molar-refractivity contribution in [3.8, 4) is 0 Å². The molecule has 0 bridgehead atoms. The van der Waals surface area contributed by atoms with Gasteiger partial charge in [0.2, 0.25) is 0 Å². The highest BCUT2D eigenvalue weighted by Gasteiger charge is 2.24. The molecule has 1 aromatic rings. The maximum atomic E-state index is 11.4. The first-order chi connectivity index (χ1) is 8.24. The number of methoxy groups -OCH3 is 1. The summed E-state index contributed by atoms with van der Waals surface area (Å²) in [5.74, 6) is -0.398. The SMILES string of the molecule is CC.COB(OC)c1ccccc1C(=O)OC. The number of carbonyl (C=O) groups excluding carboxylic acids is 1. The van der Waals surface area contributed by atoms with E-state index < -0.39 is 13.1 Å². The highest BCUT2D eigenvalue weighted by molar-refractivity contribution is 6.62. The van der Waals surface area contributed by atoms with E-state index in [1.165, 1.54) is 21.3 Å². The second-order valence-corrected chi connectivity index (χ2v) is 2.88. The number of ether oxygens (including phenoxy) is 1. The highest BCUT2D eigenvalue weighted by Crippen LogP contribution is 2.01. The number of hydrogen-bond acceptors (Lipinski definition) is 4. The van der Waals surface area contributed by atoms with Crippen molar-refractivity contribution in [3.63, 3.8) is 0 Å². The lowest BCUT2D eigenvalue weighted by Crippen LogP contribution is -2.38. The van der Waals surface area contributed by atoms with Gasteiger partial charge in [-0.1, -0.05) is 32.0 Å². The van der Waals surface area contributed by atoms with E-state index in [1.54, 1.807) is 18.2 Å². The van der Waals surface area contributed by atoms with Gasteiger partial charge in [0.25, 0.3) is 0 Å². The van der Waals surface area contributed by atoms with Gasteiger partial charge in [0.1, 0.15) is 0 Å². The Bertz CT molecular complexity index is 337. The Hall–Kier alpha value is -1.33. The maximum absolute atomic E-state index is 11.4. The van der Waals surface area contributed by atoms with Crippen molar-refractivity contribution in [1.29, 1.82) is 0 Å². The van der Waals surface area contributed by atoms with Crippen molar-refractivity contribution in [2.45, 2.75) is 13.8 Å². The minimum Gasteiger partial charge on any atom is -0.465 e. The molecule has 5 heteroatoms. The molecule has 0 heterocycles. The van der Waals surface area contributed by atoms with Crippen LogP contribution in [0.1, 0.15) is 24.2 Å². The molecular weight excluding hydrogens is 219 g/mol. The number of rotatable bonds is 4. The lowest BCUT2D eigenvalue weighted by atomic mass is 9.76. The lowest BCUT2D eigenvalue weighted by molar-refractivity contribution is 0.0601. The van der Waals surface area contributed by atoms with Gasteiger partial charge in [-0.25, -0.2) is 4.79 Å². The van der Waals surface area contributed by atoms with Gasteiger partial charge < -0.3 is 14.0 Å². The first kappa shape index (κ1) is 15.7. The summed E-state index contributed by atoms with van der Waals surface area (Å²) in [7, 11) is 3.82. The van der Waals surface area contributed by atoms with Crippen LogP contribution in [0.4, 0.5) is 0 Å². The number of esters is 1. The number of hydrogen-bond donors (Lipinski definition) is 0. The molecule has 0 saturated carbocycles. The van der Waals surface area contributed by atoms with Crippen LogP contribution in [-0.2, 0) is 14.0 Å². The third-order valence-electron chi connectivity index (χ3n) is 2.05. The fourth-order valence-electron chi connectivity index (χ4n) is 1.35. The minimum atomic E-state index is -0.555. The summed E-state index contributed by atoms with van der Waals surface area (Å²) in [6, 6.07) is 7.01. The van der Waals surface area contributed by atoms with E-state index in [4.69, 9.17) is 9.31 Å². The van der Waals surface area contributed by atoms with Crippen molar-refractivity contribution < 1.29 is 18.8 Å². The van der Waals surface area contributed by atoms with Crippen LogP contribution in [0.15, 0.2) is 24.3 Å². The van der Waals surface area contributed by atoms with Crippen molar-refractivity contribution in [1.82, 2.24) is 0 Å². The van der Waals surface area contributed by atoms with Crippen molar-refractivity contribution in [2.24, 2.45) is 0 Å². The quantitative estimate of drug-likeness (QED) is 0.588. The topological polar surface area (TPSA) is 44.8 Å². The van der Waals surface area contributed by atoms with E-state index in [2.05, 4.69) is 4.74 Å². The van der Waals surface area contributed by atoms with Gasteiger partial charge in [0.15, 0.2) is 0 Å². The molecule has 0 spiro atoms. The second-order valence-electron chi connectivity index (χ2n) is 2.88. The molecule has 0 fully saturated rings. The fraction of sp³-hybridized carbons (Fsp3) is 0.417. The van der Waals surface area contributed by atoms with Crippen LogP contribution in [0.2, 0.25) is 0 Å². The van der Waals surface area contributed by atoms with Crippen LogP contribution in [-0.4, -0.2) is 34.4 Å². The van der Waals surface area contributed by atoms with E-state index in [1.807, 2.05) is 19.9 Å². The van der Waals surface area contributed by atoms with Crippen molar-refractivity contribution in [2.75, 3.05) is 21.3 Å². The zero-order chi connectivity index (χ0) is 13.3. The van der Waals surface area contributed by atoms with Gasteiger partial charge in [-0.15, -0.1) is 0 Å². The standard InChI is InChI=1S/C10H13BO4.C2H6/c1-13-10(12)8-6-4-5-7-9(8)11(14-2)15-3;1-2/h4-7H,1-3H3;1-2H3. The van der Waals surface area contributed by atoms with E-state index >= 15 is 0 Å². The fourth-order valence-corrected chi connectivity index (χ4v) is 1.35. The predicted molar refractivity (Wildman–Crippen MR) is 68.5 cm³/mol. The zero-order valence-electron chi connectivity index (χ0n) is 11.0. The molecule has 1 rings (SSSR count). The van der Waals surface area contributed by atoms with E-state index in [9.17, 15) is 4.79 Å². The molecule has 17 heavy (non-hydrogen) atoms. The Labute approximate surface area is 103 Å². The average molecular weight is 238 g/mol. The first-order valence-corrected chi connectivity index (χ1v) is 5.47. The molecule has 0 aliphatic heterocycles. The molecule has 0 N–H and O–H groups in total. The van der Waals surface area contributed by atoms with Crippen molar-refractivity contribution >= 4 is 18.6 Å². The van der Waals surface area contributed by atoms with Gasteiger partial charge in [-0.3, -0.25) is 0 Å². The molecule has 0 amide bonds. The molecule has 0 aliphatic rings. The number of benzene rings is 1. The van der Waals surface area contributed by atoms with Gasteiger partial charge in [-0.05, 0) is 11.5 Å². The second kappa shape index (κ2) is 8.78. The minimum absolute atomic E-state index is 0.398. The monoisotopic (exact) mass is 238 g/mol. The van der Waals surface area contributed by atoms with E-state index in [0.29, 0.717) is 11.0 Å². The van der Waals surface area contributed by atoms with Crippen LogP contribution >= 0.6 is 0 Å². The summed E-state index contributed by atoms with van der Waals surface area (Å²) in [5, 5.41) is 0. The predicted octanol–water partition coefficient (Wildman–Crippen LogP) is 1.49. The van der Waals surface area contributed by atoms with Crippen LogP contribution in [0.3, 0.4) is 0 Å². The van der Waals surface area contributed by atoms with E-state index in [-0.39, 0.29) is 0 Å². The van der Waals surface area contributed by atoms with Crippen LogP contribution < -0.4 is 5.46 Å². The summed E-state index contributed by atoms with van der Waals surface area (Å²) < 4.78 is 14.8. The van der Waals surface area contributed by atoms with Gasteiger partial charge in [0.05, 0.1) is 12.7 Å². The molecule has 0 atom stereocenters. The molecule has 0 aromatic heterocycles.